The van der Waals surface area contributed by atoms with E-state index < -0.39 is 10.8 Å². The molecule has 1 saturated carbocycles. The summed E-state index contributed by atoms with van der Waals surface area (Å²) in [7, 11) is 0. The number of nitrogens with zero attached hydrogens (tertiary/aromatic N) is 3. The molecule has 0 saturated heterocycles. The highest BCUT2D eigenvalue weighted by Gasteiger charge is 2.35. The molecular formula is C26H32N4O2S. The van der Waals surface area contributed by atoms with Gasteiger partial charge in [-0.3, -0.25) is 14.2 Å². The highest BCUT2D eigenvalue weighted by Crippen LogP contribution is 2.30. The van der Waals surface area contributed by atoms with Crippen LogP contribution in [0.25, 0.3) is 10.9 Å². The largest absolute Gasteiger partial charge is 0.337 e. The van der Waals surface area contributed by atoms with E-state index in [0.29, 0.717) is 35.4 Å². The van der Waals surface area contributed by atoms with Crippen LogP contribution in [0.5, 0.6) is 0 Å². The zero-order chi connectivity index (χ0) is 23.3. The van der Waals surface area contributed by atoms with Crippen LogP contribution in [0.15, 0.2) is 45.9 Å². The Morgan fingerprint density at radius 3 is 2.76 bits per heavy atom. The summed E-state index contributed by atoms with van der Waals surface area (Å²) in [5, 5.41) is 13.4. The molecule has 1 atom stereocenters. The van der Waals surface area contributed by atoms with E-state index in [1.807, 2.05) is 31.2 Å². The van der Waals surface area contributed by atoms with Gasteiger partial charge in [0.2, 0.25) is 5.91 Å². The van der Waals surface area contributed by atoms with Crippen LogP contribution in [0.4, 0.5) is 0 Å². The topological polar surface area (TPSA) is 87.8 Å². The van der Waals surface area contributed by atoms with Crippen molar-refractivity contribution in [1.29, 1.82) is 5.26 Å². The van der Waals surface area contributed by atoms with Crippen LogP contribution in [0, 0.1) is 11.3 Å². The fourth-order valence-corrected chi connectivity index (χ4v) is 5.73. The average molecular weight is 465 g/mol. The molecule has 1 amide bonds. The summed E-state index contributed by atoms with van der Waals surface area (Å²) >= 11 is 1.30. The standard InChI is InChI=1S/C26H32N4O2S/c1-19(23(31)29-26(18-27)15-8-3-9-16-26)33-25-28-22-13-7-6-12-21(22)24(32)30(25)17-14-20-10-4-2-5-11-20/h6-7,10,12-13,19H,2-5,8-9,11,14-17H2,1H3,(H,29,31). The first-order valence-electron chi connectivity index (χ1n) is 12.1. The Morgan fingerprint density at radius 1 is 1.24 bits per heavy atom. The zero-order valence-corrected chi connectivity index (χ0v) is 20.1. The molecule has 0 radical (unpaired) electrons. The Balaban J connectivity index is 1.57. The normalized spacial score (nSPS) is 18.8. The second-order valence-electron chi connectivity index (χ2n) is 9.23. The monoisotopic (exact) mass is 464 g/mol. The number of hydrogen-bond acceptors (Lipinski definition) is 5. The molecule has 1 heterocycles. The van der Waals surface area contributed by atoms with Gasteiger partial charge in [0.15, 0.2) is 5.16 Å². The van der Waals surface area contributed by atoms with Crippen LogP contribution in [0.2, 0.25) is 0 Å². The molecule has 174 valence electrons. The smallest absolute Gasteiger partial charge is 0.262 e. The molecule has 7 heteroatoms. The number of rotatable bonds is 7. The quantitative estimate of drug-likeness (QED) is 0.349. The third-order valence-electron chi connectivity index (χ3n) is 6.80. The van der Waals surface area contributed by atoms with E-state index in [0.717, 1.165) is 38.5 Å². The lowest BCUT2D eigenvalue weighted by atomic mass is 9.83. The maximum absolute atomic E-state index is 13.3. The van der Waals surface area contributed by atoms with Gasteiger partial charge in [0.25, 0.3) is 5.56 Å². The van der Waals surface area contributed by atoms with Crippen LogP contribution in [-0.4, -0.2) is 26.2 Å². The summed E-state index contributed by atoms with van der Waals surface area (Å²) < 4.78 is 1.73. The lowest BCUT2D eigenvalue weighted by molar-refractivity contribution is -0.121. The highest BCUT2D eigenvalue weighted by molar-refractivity contribution is 8.00. The third kappa shape index (κ3) is 5.50. The first-order valence-corrected chi connectivity index (χ1v) is 13.0. The Hall–Kier alpha value is -2.59. The number of benzene rings is 1. The number of hydrogen-bond donors (Lipinski definition) is 1. The van der Waals surface area contributed by atoms with E-state index in [2.05, 4.69) is 17.5 Å². The SMILES string of the molecule is CC(Sc1nc2ccccc2c(=O)n1CCC1=CCCCC1)C(=O)NC1(C#N)CCCCC1. The van der Waals surface area contributed by atoms with E-state index in [9.17, 15) is 14.9 Å². The van der Waals surface area contributed by atoms with Crippen molar-refractivity contribution in [2.45, 2.75) is 93.6 Å². The number of nitrogens with one attached hydrogen (secondary N) is 1. The summed E-state index contributed by atoms with van der Waals surface area (Å²) in [5.74, 6) is -0.174. The number of allylic oxidation sites excluding steroid dienone is 2. The molecule has 1 aromatic heterocycles. The first kappa shape index (κ1) is 23.6. The van der Waals surface area contributed by atoms with Gasteiger partial charge >= 0.3 is 0 Å². The summed E-state index contributed by atoms with van der Waals surface area (Å²) in [6.45, 7) is 2.38. The number of carbonyl (C=O) groups is 1. The van der Waals surface area contributed by atoms with E-state index in [1.165, 1.54) is 30.2 Å². The molecule has 6 nitrogen and oxygen atoms in total. The van der Waals surface area contributed by atoms with Crippen LogP contribution < -0.4 is 10.9 Å². The summed E-state index contributed by atoms with van der Waals surface area (Å²) in [6, 6.07) is 9.73. The number of thioether (sulfide) groups is 1. The van der Waals surface area contributed by atoms with E-state index in [-0.39, 0.29) is 11.5 Å². The summed E-state index contributed by atoms with van der Waals surface area (Å²) in [6.07, 6.45) is 12.2. The second kappa shape index (κ2) is 10.6. The average Bonchev–Trinajstić information content (AvgIpc) is 2.85. The molecule has 1 N–H and O–H groups in total. The van der Waals surface area contributed by atoms with Gasteiger partial charge in [-0.05, 0) is 64.0 Å². The minimum absolute atomic E-state index is 0.0621. The fraction of sp³-hybridized carbons (Fsp3) is 0.538. The maximum atomic E-state index is 13.3. The predicted octanol–water partition coefficient (Wildman–Crippen LogP) is 5.11. The van der Waals surface area contributed by atoms with Crippen molar-refractivity contribution in [1.82, 2.24) is 14.9 Å². The molecule has 4 rings (SSSR count). The molecule has 2 aromatic rings. The molecule has 33 heavy (non-hydrogen) atoms. The van der Waals surface area contributed by atoms with Gasteiger partial charge in [0, 0.05) is 6.54 Å². The van der Waals surface area contributed by atoms with Crippen LogP contribution >= 0.6 is 11.8 Å². The van der Waals surface area contributed by atoms with Crippen molar-refractivity contribution in [3.8, 4) is 6.07 Å². The van der Waals surface area contributed by atoms with E-state index in [4.69, 9.17) is 4.98 Å². The van der Waals surface area contributed by atoms with Crippen LogP contribution in [0.3, 0.4) is 0 Å². The third-order valence-corrected chi connectivity index (χ3v) is 7.89. The molecule has 2 aliphatic rings. The van der Waals surface area contributed by atoms with Crippen molar-refractivity contribution >= 4 is 28.6 Å². The van der Waals surface area contributed by atoms with Crippen molar-refractivity contribution in [3.63, 3.8) is 0 Å². The maximum Gasteiger partial charge on any atom is 0.262 e. The molecule has 0 spiro atoms. The fourth-order valence-electron chi connectivity index (χ4n) is 4.79. The van der Waals surface area contributed by atoms with Gasteiger partial charge < -0.3 is 5.32 Å². The van der Waals surface area contributed by atoms with Gasteiger partial charge in [-0.2, -0.15) is 5.26 Å². The Labute approximate surface area is 199 Å². The number of amides is 1. The molecule has 1 unspecified atom stereocenters. The molecule has 1 aromatic carbocycles. The van der Waals surface area contributed by atoms with Gasteiger partial charge in [0.05, 0.1) is 22.2 Å². The number of carbonyl (C=O) groups excluding carboxylic acids is 1. The second-order valence-corrected chi connectivity index (χ2v) is 10.5. The van der Waals surface area contributed by atoms with Gasteiger partial charge in [0.1, 0.15) is 5.54 Å². The van der Waals surface area contributed by atoms with Crippen LogP contribution in [0.1, 0.15) is 71.1 Å². The molecule has 1 fully saturated rings. The molecule has 0 bridgehead atoms. The summed E-state index contributed by atoms with van der Waals surface area (Å²) in [4.78, 5) is 31.1. The highest BCUT2D eigenvalue weighted by atomic mass is 32.2. The first-order chi connectivity index (χ1) is 16.0. The Morgan fingerprint density at radius 2 is 2.03 bits per heavy atom. The van der Waals surface area contributed by atoms with Gasteiger partial charge in [-0.25, -0.2) is 4.98 Å². The molecule has 2 aliphatic carbocycles. The van der Waals surface area contributed by atoms with E-state index in [1.54, 1.807) is 4.57 Å². The van der Waals surface area contributed by atoms with Crippen molar-refractivity contribution < 1.29 is 4.79 Å². The number of nitriles is 1. The minimum Gasteiger partial charge on any atom is -0.337 e. The number of para-hydroxylation sites is 1. The predicted molar refractivity (Wildman–Crippen MR) is 132 cm³/mol. The lowest BCUT2D eigenvalue weighted by Crippen LogP contribution is -2.51. The zero-order valence-electron chi connectivity index (χ0n) is 19.3. The Bertz CT molecular complexity index is 1140. The molecule has 0 aliphatic heterocycles. The van der Waals surface area contributed by atoms with Gasteiger partial charge in [-0.1, -0.05) is 54.8 Å². The Kier molecular flexibility index (Phi) is 7.54. The number of fused-ring (bicyclic) bond motifs is 1. The van der Waals surface area contributed by atoms with Crippen molar-refractivity contribution in [2.75, 3.05) is 0 Å². The molecular weight excluding hydrogens is 432 g/mol. The summed E-state index contributed by atoms with van der Waals surface area (Å²) in [5.41, 5.74) is 1.21. The van der Waals surface area contributed by atoms with Crippen molar-refractivity contribution in [3.05, 3.63) is 46.3 Å². The lowest BCUT2D eigenvalue weighted by Gasteiger charge is -2.32. The van der Waals surface area contributed by atoms with Crippen LogP contribution in [-0.2, 0) is 11.3 Å². The minimum atomic E-state index is -0.770. The van der Waals surface area contributed by atoms with E-state index >= 15 is 0 Å². The van der Waals surface area contributed by atoms with Crippen molar-refractivity contribution in [2.24, 2.45) is 0 Å². The van der Waals surface area contributed by atoms with Gasteiger partial charge in [-0.15, -0.1) is 0 Å². The number of aromatic nitrogens is 2.